The van der Waals surface area contributed by atoms with Gasteiger partial charge in [-0.25, -0.2) is 4.39 Å². The van der Waals surface area contributed by atoms with Gasteiger partial charge in [0, 0.05) is 30.1 Å². The number of methoxy groups -OCH3 is 1. The Hall–Kier alpha value is -1.94. The Morgan fingerprint density at radius 3 is 2.80 bits per heavy atom. The summed E-state index contributed by atoms with van der Waals surface area (Å²) in [6, 6.07) is 8.90. The van der Waals surface area contributed by atoms with Crippen molar-refractivity contribution in [3.63, 3.8) is 0 Å². The van der Waals surface area contributed by atoms with Crippen molar-refractivity contribution < 1.29 is 9.13 Å². The van der Waals surface area contributed by atoms with Crippen molar-refractivity contribution in [2.75, 3.05) is 14.2 Å². The van der Waals surface area contributed by atoms with E-state index in [1.54, 1.807) is 18.3 Å². The predicted octanol–water partition coefficient (Wildman–Crippen LogP) is 3.12. The van der Waals surface area contributed by atoms with Crippen molar-refractivity contribution >= 4 is 0 Å². The lowest BCUT2D eigenvalue weighted by atomic mass is 9.99. The summed E-state index contributed by atoms with van der Waals surface area (Å²) in [6.07, 6.45) is 5.26. The van der Waals surface area contributed by atoms with E-state index in [0.29, 0.717) is 11.3 Å². The molecule has 0 amide bonds. The summed E-state index contributed by atoms with van der Waals surface area (Å²) in [5, 5.41) is 3.17. The number of aryl methyl sites for hydroxylation is 1. The molecule has 1 heterocycles. The van der Waals surface area contributed by atoms with Gasteiger partial charge in [-0.05, 0) is 37.6 Å². The monoisotopic (exact) mass is 274 g/mol. The molecule has 1 unspecified atom stereocenters. The van der Waals surface area contributed by atoms with E-state index >= 15 is 0 Å². The molecule has 0 aliphatic carbocycles. The van der Waals surface area contributed by atoms with Crippen LogP contribution >= 0.6 is 0 Å². The van der Waals surface area contributed by atoms with E-state index in [1.165, 1.54) is 13.2 Å². The van der Waals surface area contributed by atoms with Gasteiger partial charge < -0.3 is 10.1 Å². The number of nitrogens with one attached hydrogen (secondary N) is 1. The van der Waals surface area contributed by atoms with Gasteiger partial charge in [0.05, 0.1) is 7.11 Å². The van der Waals surface area contributed by atoms with Crippen LogP contribution in [0.25, 0.3) is 0 Å². The van der Waals surface area contributed by atoms with Crippen LogP contribution in [0.5, 0.6) is 5.75 Å². The molecule has 0 radical (unpaired) electrons. The standard InChI is InChI=1S/C16H19FN2O/c1-18-16(8-5-12-4-3-9-19-11-12)14-7-6-13(20-2)10-15(14)17/h3-4,6-7,9-11,16,18H,5,8H2,1-2H3. The highest BCUT2D eigenvalue weighted by Crippen LogP contribution is 2.24. The third-order valence-electron chi connectivity index (χ3n) is 3.38. The lowest BCUT2D eigenvalue weighted by molar-refractivity contribution is 0.409. The van der Waals surface area contributed by atoms with Crippen LogP contribution in [0.3, 0.4) is 0 Å². The first kappa shape index (κ1) is 14.5. The highest BCUT2D eigenvalue weighted by Gasteiger charge is 2.14. The number of hydrogen-bond acceptors (Lipinski definition) is 3. The Kier molecular flexibility index (Phi) is 5.07. The Morgan fingerprint density at radius 2 is 2.20 bits per heavy atom. The molecule has 1 atom stereocenters. The lowest BCUT2D eigenvalue weighted by Gasteiger charge is -2.17. The summed E-state index contributed by atoms with van der Waals surface area (Å²) in [7, 11) is 3.38. The predicted molar refractivity (Wildman–Crippen MR) is 77.3 cm³/mol. The van der Waals surface area contributed by atoms with Crippen LogP contribution in [0.15, 0.2) is 42.7 Å². The minimum atomic E-state index is -0.241. The van der Waals surface area contributed by atoms with Gasteiger partial charge in [0.25, 0.3) is 0 Å². The highest BCUT2D eigenvalue weighted by atomic mass is 19.1. The summed E-state index contributed by atoms with van der Waals surface area (Å²) in [5.41, 5.74) is 1.82. The molecule has 0 bridgehead atoms. The zero-order chi connectivity index (χ0) is 14.4. The molecule has 1 N–H and O–H groups in total. The number of halogens is 1. The fraction of sp³-hybridized carbons (Fsp3) is 0.312. The molecule has 20 heavy (non-hydrogen) atoms. The van der Waals surface area contributed by atoms with Gasteiger partial charge in [-0.1, -0.05) is 12.1 Å². The van der Waals surface area contributed by atoms with Gasteiger partial charge in [-0.2, -0.15) is 0 Å². The van der Waals surface area contributed by atoms with Crippen LogP contribution in [-0.4, -0.2) is 19.1 Å². The van der Waals surface area contributed by atoms with Gasteiger partial charge >= 0.3 is 0 Å². The molecule has 3 nitrogen and oxygen atoms in total. The lowest BCUT2D eigenvalue weighted by Crippen LogP contribution is -2.18. The molecule has 0 aliphatic heterocycles. The number of hydrogen-bond donors (Lipinski definition) is 1. The summed E-state index contributed by atoms with van der Waals surface area (Å²) in [5.74, 6) is 0.295. The van der Waals surface area contributed by atoms with Crippen LogP contribution in [0.2, 0.25) is 0 Å². The minimum absolute atomic E-state index is 0.0267. The molecule has 1 aromatic carbocycles. The molecule has 4 heteroatoms. The molecule has 0 aliphatic rings. The molecule has 0 spiro atoms. The van der Waals surface area contributed by atoms with Crippen LogP contribution in [0, 0.1) is 5.82 Å². The Labute approximate surface area is 118 Å². The van der Waals surface area contributed by atoms with Gasteiger partial charge in [-0.3, -0.25) is 4.98 Å². The summed E-state index contributed by atoms with van der Waals surface area (Å²) in [6.45, 7) is 0. The van der Waals surface area contributed by atoms with E-state index in [1.807, 2.05) is 25.4 Å². The van der Waals surface area contributed by atoms with E-state index in [2.05, 4.69) is 10.3 Å². The smallest absolute Gasteiger partial charge is 0.131 e. The molecule has 2 rings (SSSR count). The zero-order valence-corrected chi connectivity index (χ0v) is 11.8. The number of benzene rings is 1. The van der Waals surface area contributed by atoms with Crippen molar-refractivity contribution in [1.29, 1.82) is 0 Å². The van der Waals surface area contributed by atoms with Gasteiger partial charge in [0.1, 0.15) is 11.6 Å². The number of aromatic nitrogens is 1. The minimum Gasteiger partial charge on any atom is -0.497 e. The average Bonchev–Trinajstić information content (AvgIpc) is 2.50. The zero-order valence-electron chi connectivity index (χ0n) is 11.8. The van der Waals surface area contributed by atoms with Crippen molar-refractivity contribution in [2.24, 2.45) is 0 Å². The van der Waals surface area contributed by atoms with Crippen molar-refractivity contribution in [3.05, 3.63) is 59.7 Å². The van der Waals surface area contributed by atoms with Crippen LogP contribution in [-0.2, 0) is 6.42 Å². The molecular formula is C16H19FN2O. The number of nitrogens with zero attached hydrogens (tertiary/aromatic N) is 1. The third kappa shape index (κ3) is 3.54. The normalized spacial score (nSPS) is 12.2. The highest BCUT2D eigenvalue weighted by molar-refractivity contribution is 5.31. The molecular weight excluding hydrogens is 255 g/mol. The topological polar surface area (TPSA) is 34.2 Å². The van der Waals surface area contributed by atoms with E-state index < -0.39 is 0 Å². The molecule has 2 aromatic rings. The first-order valence-electron chi connectivity index (χ1n) is 6.64. The second-order valence-electron chi connectivity index (χ2n) is 4.63. The second kappa shape index (κ2) is 7.01. The molecule has 0 saturated carbocycles. The summed E-state index contributed by atoms with van der Waals surface area (Å²) < 4.78 is 19.1. The number of pyridine rings is 1. The van der Waals surface area contributed by atoms with E-state index in [9.17, 15) is 4.39 Å². The fourth-order valence-electron chi connectivity index (χ4n) is 2.23. The van der Waals surface area contributed by atoms with Gasteiger partial charge in [0.15, 0.2) is 0 Å². The Bertz CT molecular complexity index is 545. The third-order valence-corrected chi connectivity index (χ3v) is 3.38. The van der Waals surface area contributed by atoms with E-state index in [4.69, 9.17) is 4.74 Å². The summed E-state index contributed by atoms with van der Waals surface area (Å²) >= 11 is 0. The quantitative estimate of drug-likeness (QED) is 0.878. The van der Waals surface area contributed by atoms with E-state index in [-0.39, 0.29) is 11.9 Å². The van der Waals surface area contributed by atoms with Gasteiger partial charge in [0.2, 0.25) is 0 Å². The number of rotatable bonds is 6. The van der Waals surface area contributed by atoms with Crippen molar-refractivity contribution in [3.8, 4) is 5.75 Å². The maximum Gasteiger partial charge on any atom is 0.131 e. The average molecular weight is 274 g/mol. The molecule has 106 valence electrons. The van der Waals surface area contributed by atoms with E-state index in [0.717, 1.165) is 18.4 Å². The fourth-order valence-corrected chi connectivity index (χ4v) is 2.23. The SMILES string of the molecule is CNC(CCc1cccnc1)c1ccc(OC)cc1F. The van der Waals surface area contributed by atoms with Gasteiger partial charge in [-0.15, -0.1) is 0 Å². The maximum absolute atomic E-state index is 14.1. The van der Waals surface area contributed by atoms with Crippen LogP contribution in [0.4, 0.5) is 4.39 Å². The first-order valence-corrected chi connectivity index (χ1v) is 6.64. The largest absolute Gasteiger partial charge is 0.497 e. The van der Waals surface area contributed by atoms with Crippen LogP contribution < -0.4 is 10.1 Å². The molecule has 0 saturated heterocycles. The molecule has 0 fully saturated rings. The maximum atomic E-state index is 14.1. The number of ether oxygens (including phenoxy) is 1. The Morgan fingerprint density at radius 1 is 1.35 bits per heavy atom. The first-order chi connectivity index (χ1) is 9.74. The van der Waals surface area contributed by atoms with Crippen molar-refractivity contribution in [1.82, 2.24) is 10.3 Å². The molecule has 1 aromatic heterocycles. The Balaban J connectivity index is 2.08. The summed E-state index contributed by atoms with van der Waals surface area (Å²) in [4.78, 5) is 4.09. The van der Waals surface area contributed by atoms with Crippen LogP contribution in [0.1, 0.15) is 23.6 Å². The second-order valence-corrected chi connectivity index (χ2v) is 4.63. The van der Waals surface area contributed by atoms with Crippen molar-refractivity contribution in [2.45, 2.75) is 18.9 Å².